The SMILES string of the molecule is C=C[C@@H](CO)[C@H](OCc1ccccc1)c1ccccc1. The largest absolute Gasteiger partial charge is 0.396 e. The Morgan fingerprint density at radius 1 is 1.00 bits per heavy atom. The molecular formula is C18H20O2. The maximum absolute atomic E-state index is 9.50. The minimum absolute atomic E-state index is 0.0256. The van der Waals surface area contributed by atoms with Gasteiger partial charge in [0.15, 0.2) is 0 Å². The first-order chi connectivity index (χ1) is 9.85. The van der Waals surface area contributed by atoms with Gasteiger partial charge >= 0.3 is 0 Å². The first-order valence-electron chi connectivity index (χ1n) is 6.79. The number of ether oxygens (including phenoxy) is 1. The third-order valence-corrected chi connectivity index (χ3v) is 3.30. The van der Waals surface area contributed by atoms with E-state index in [1.165, 1.54) is 0 Å². The molecule has 0 unspecified atom stereocenters. The van der Waals surface area contributed by atoms with Gasteiger partial charge in [-0.15, -0.1) is 6.58 Å². The van der Waals surface area contributed by atoms with Crippen LogP contribution in [0.2, 0.25) is 0 Å². The molecule has 0 aliphatic carbocycles. The molecule has 2 atom stereocenters. The van der Waals surface area contributed by atoms with E-state index in [0.29, 0.717) is 6.61 Å². The molecule has 2 aromatic carbocycles. The number of hydrogen-bond acceptors (Lipinski definition) is 2. The van der Waals surface area contributed by atoms with E-state index >= 15 is 0 Å². The van der Waals surface area contributed by atoms with Crippen LogP contribution in [-0.2, 0) is 11.3 Å². The van der Waals surface area contributed by atoms with Crippen LogP contribution >= 0.6 is 0 Å². The Morgan fingerprint density at radius 3 is 2.15 bits per heavy atom. The molecule has 1 N–H and O–H groups in total. The Morgan fingerprint density at radius 2 is 1.60 bits per heavy atom. The van der Waals surface area contributed by atoms with Gasteiger partial charge in [0.1, 0.15) is 0 Å². The lowest BCUT2D eigenvalue weighted by Crippen LogP contribution is -2.17. The molecule has 0 amide bonds. The molecule has 2 heteroatoms. The third kappa shape index (κ3) is 3.80. The maximum atomic E-state index is 9.50. The van der Waals surface area contributed by atoms with Crippen molar-refractivity contribution in [3.63, 3.8) is 0 Å². The minimum atomic E-state index is -0.182. The predicted molar refractivity (Wildman–Crippen MR) is 81.2 cm³/mol. The van der Waals surface area contributed by atoms with Crippen molar-refractivity contribution in [3.8, 4) is 0 Å². The van der Waals surface area contributed by atoms with Crippen molar-refractivity contribution in [2.45, 2.75) is 12.7 Å². The second-order valence-electron chi connectivity index (χ2n) is 4.71. The lowest BCUT2D eigenvalue weighted by molar-refractivity contribution is -0.00305. The van der Waals surface area contributed by atoms with Gasteiger partial charge in [-0.1, -0.05) is 66.7 Å². The highest BCUT2D eigenvalue weighted by atomic mass is 16.5. The molecule has 0 aliphatic heterocycles. The summed E-state index contributed by atoms with van der Waals surface area (Å²) in [6.45, 7) is 4.34. The zero-order valence-corrected chi connectivity index (χ0v) is 11.5. The molecule has 0 saturated heterocycles. The highest BCUT2D eigenvalue weighted by Gasteiger charge is 2.20. The topological polar surface area (TPSA) is 29.5 Å². The summed E-state index contributed by atoms with van der Waals surface area (Å²) in [6, 6.07) is 20.0. The van der Waals surface area contributed by atoms with Gasteiger partial charge in [-0.25, -0.2) is 0 Å². The summed E-state index contributed by atoms with van der Waals surface area (Å²) in [5, 5.41) is 9.50. The van der Waals surface area contributed by atoms with Gasteiger partial charge in [0.25, 0.3) is 0 Å². The Labute approximate surface area is 120 Å². The van der Waals surface area contributed by atoms with E-state index in [-0.39, 0.29) is 18.6 Å². The Kier molecular flexibility index (Phi) is 5.54. The summed E-state index contributed by atoms with van der Waals surface area (Å²) in [6.07, 6.45) is 1.57. The van der Waals surface area contributed by atoms with Gasteiger partial charge in [0.2, 0.25) is 0 Å². The zero-order valence-electron chi connectivity index (χ0n) is 11.5. The lowest BCUT2D eigenvalue weighted by Gasteiger charge is -2.24. The van der Waals surface area contributed by atoms with Crippen molar-refractivity contribution >= 4 is 0 Å². The molecule has 0 aliphatic rings. The average Bonchev–Trinajstić information content (AvgIpc) is 2.53. The van der Waals surface area contributed by atoms with Crippen molar-refractivity contribution < 1.29 is 9.84 Å². The molecule has 0 heterocycles. The first kappa shape index (κ1) is 14.5. The van der Waals surface area contributed by atoms with E-state index in [1.807, 2.05) is 60.7 Å². The fourth-order valence-electron chi connectivity index (χ4n) is 2.16. The van der Waals surface area contributed by atoms with E-state index in [0.717, 1.165) is 11.1 Å². The molecule has 0 aromatic heterocycles. The van der Waals surface area contributed by atoms with Gasteiger partial charge in [-0.3, -0.25) is 0 Å². The fraction of sp³-hybridized carbons (Fsp3) is 0.222. The molecule has 20 heavy (non-hydrogen) atoms. The molecule has 2 aromatic rings. The van der Waals surface area contributed by atoms with E-state index in [2.05, 4.69) is 6.58 Å². The number of benzene rings is 2. The number of aliphatic hydroxyl groups is 1. The summed E-state index contributed by atoms with van der Waals surface area (Å²) in [5.74, 6) is -0.110. The second kappa shape index (κ2) is 7.63. The van der Waals surface area contributed by atoms with Crippen molar-refractivity contribution in [1.82, 2.24) is 0 Å². The Bertz CT molecular complexity index is 507. The zero-order chi connectivity index (χ0) is 14.2. The van der Waals surface area contributed by atoms with Crippen molar-refractivity contribution in [2.75, 3.05) is 6.61 Å². The standard InChI is InChI=1S/C18H20O2/c1-2-16(13-19)18(17-11-7-4-8-12-17)20-14-15-9-5-3-6-10-15/h2-12,16,18-19H,1,13-14H2/t16-,18-/m0/s1. The van der Waals surface area contributed by atoms with Crippen molar-refractivity contribution in [1.29, 1.82) is 0 Å². The molecule has 0 radical (unpaired) electrons. The molecule has 0 saturated carbocycles. The van der Waals surface area contributed by atoms with Crippen LogP contribution in [0.4, 0.5) is 0 Å². The smallest absolute Gasteiger partial charge is 0.0913 e. The van der Waals surface area contributed by atoms with Crippen molar-refractivity contribution in [2.24, 2.45) is 5.92 Å². The molecule has 0 spiro atoms. The first-order valence-corrected chi connectivity index (χ1v) is 6.79. The third-order valence-electron chi connectivity index (χ3n) is 3.30. The van der Waals surface area contributed by atoms with E-state index in [1.54, 1.807) is 6.08 Å². The van der Waals surface area contributed by atoms with Crippen LogP contribution in [0.3, 0.4) is 0 Å². The van der Waals surface area contributed by atoms with Crippen LogP contribution in [0.1, 0.15) is 17.2 Å². The van der Waals surface area contributed by atoms with Gasteiger partial charge in [-0.05, 0) is 11.1 Å². The number of hydrogen-bond donors (Lipinski definition) is 1. The number of aliphatic hydroxyl groups excluding tert-OH is 1. The fourth-order valence-corrected chi connectivity index (χ4v) is 2.16. The van der Waals surface area contributed by atoms with Crippen LogP contribution in [0, 0.1) is 5.92 Å². The second-order valence-corrected chi connectivity index (χ2v) is 4.71. The van der Waals surface area contributed by atoms with Gasteiger partial charge < -0.3 is 9.84 Å². The minimum Gasteiger partial charge on any atom is -0.396 e. The van der Waals surface area contributed by atoms with Crippen LogP contribution in [-0.4, -0.2) is 11.7 Å². The molecule has 0 fully saturated rings. The van der Waals surface area contributed by atoms with Crippen LogP contribution < -0.4 is 0 Å². The molecular weight excluding hydrogens is 248 g/mol. The predicted octanol–water partition coefficient (Wildman–Crippen LogP) is 3.74. The van der Waals surface area contributed by atoms with Gasteiger partial charge in [0.05, 0.1) is 19.3 Å². The summed E-state index contributed by atoms with van der Waals surface area (Å²) in [4.78, 5) is 0. The Hall–Kier alpha value is -1.90. The van der Waals surface area contributed by atoms with E-state index < -0.39 is 0 Å². The highest BCUT2D eigenvalue weighted by Crippen LogP contribution is 2.27. The number of rotatable bonds is 7. The van der Waals surface area contributed by atoms with E-state index in [9.17, 15) is 5.11 Å². The van der Waals surface area contributed by atoms with Crippen LogP contribution in [0.15, 0.2) is 73.3 Å². The van der Waals surface area contributed by atoms with Crippen LogP contribution in [0.5, 0.6) is 0 Å². The monoisotopic (exact) mass is 268 g/mol. The van der Waals surface area contributed by atoms with Gasteiger partial charge in [0, 0.05) is 5.92 Å². The summed E-state index contributed by atoms with van der Waals surface area (Å²) < 4.78 is 6.03. The molecule has 2 rings (SSSR count). The average molecular weight is 268 g/mol. The lowest BCUT2D eigenvalue weighted by atomic mass is 9.96. The Balaban J connectivity index is 2.13. The highest BCUT2D eigenvalue weighted by molar-refractivity contribution is 5.20. The maximum Gasteiger partial charge on any atom is 0.0913 e. The van der Waals surface area contributed by atoms with E-state index in [4.69, 9.17) is 4.74 Å². The van der Waals surface area contributed by atoms with Crippen LogP contribution in [0.25, 0.3) is 0 Å². The van der Waals surface area contributed by atoms with Gasteiger partial charge in [-0.2, -0.15) is 0 Å². The normalized spacial score (nSPS) is 13.7. The molecule has 2 nitrogen and oxygen atoms in total. The van der Waals surface area contributed by atoms with Crippen molar-refractivity contribution in [3.05, 3.63) is 84.4 Å². The summed E-state index contributed by atoms with van der Waals surface area (Å²) in [7, 11) is 0. The summed E-state index contributed by atoms with van der Waals surface area (Å²) >= 11 is 0. The molecule has 0 bridgehead atoms. The summed E-state index contributed by atoms with van der Waals surface area (Å²) in [5.41, 5.74) is 2.18. The molecule has 104 valence electrons. The quantitative estimate of drug-likeness (QED) is 0.775.